The number of amides is 1. The number of nitrogens with zero attached hydrogens (tertiary/aromatic N) is 3. The van der Waals surface area contributed by atoms with Gasteiger partial charge in [0.1, 0.15) is 11.5 Å². The zero-order valence-corrected chi connectivity index (χ0v) is 14.8. The highest BCUT2D eigenvalue weighted by atomic mass is 16.1. The van der Waals surface area contributed by atoms with Crippen molar-refractivity contribution in [1.29, 1.82) is 0 Å². The van der Waals surface area contributed by atoms with Gasteiger partial charge in [0, 0.05) is 11.3 Å². The topological polar surface area (TPSA) is 83.6 Å². The number of carbonyl (C=O) groups is 1. The molecule has 0 aliphatic heterocycles. The fraction of sp³-hybridized carbons (Fsp3) is 0. The number of H-pyrrole nitrogens is 1. The van der Waals surface area contributed by atoms with Crippen molar-refractivity contribution in [1.82, 2.24) is 19.9 Å². The van der Waals surface area contributed by atoms with Crippen LogP contribution in [0.2, 0.25) is 0 Å². The zero-order valence-electron chi connectivity index (χ0n) is 14.8. The molecule has 0 aliphatic rings. The number of nitrogens with one attached hydrogen (secondary N) is 2. The first-order valence-electron chi connectivity index (χ1n) is 8.85. The van der Waals surface area contributed by atoms with Gasteiger partial charge in [-0.2, -0.15) is 0 Å². The highest BCUT2D eigenvalue weighted by Gasteiger charge is 2.11. The van der Waals surface area contributed by atoms with Crippen molar-refractivity contribution in [2.45, 2.75) is 0 Å². The first-order chi connectivity index (χ1) is 13.8. The molecule has 5 aromatic rings. The van der Waals surface area contributed by atoms with E-state index >= 15 is 0 Å². The van der Waals surface area contributed by atoms with Crippen LogP contribution in [-0.4, -0.2) is 25.8 Å². The molecule has 0 fully saturated rings. The molecule has 28 heavy (non-hydrogen) atoms. The van der Waals surface area contributed by atoms with Gasteiger partial charge in [-0.3, -0.25) is 9.78 Å². The lowest BCUT2D eigenvalue weighted by atomic mass is 10.2. The molecular weight excluding hydrogens is 350 g/mol. The van der Waals surface area contributed by atoms with Gasteiger partial charge in [-0.15, -0.1) is 0 Å². The van der Waals surface area contributed by atoms with Crippen LogP contribution in [0, 0.1) is 0 Å². The number of aromatic amines is 1. The van der Waals surface area contributed by atoms with Crippen molar-refractivity contribution in [2.24, 2.45) is 0 Å². The Morgan fingerprint density at radius 3 is 2.46 bits per heavy atom. The van der Waals surface area contributed by atoms with Gasteiger partial charge in [-0.25, -0.2) is 9.97 Å². The number of hydrogen-bond donors (Lipinski definition) is 2. The van der Waals surface area contributed by atoms with Crippen molar-refractivity contribution in [3.05, 3.63) is 84.7 Å². The van der Waals surface area contributed by atoms with E-state index in [1.54, 1.807) is 0 Å². The van der Waals surface area contributed by atoms with Crippen LogP contribution in [-0.2, 0) is 0 Å². The number of imidazole rings is 1. The molecule has 6 heteroatoms. The third-order valence-corrected chi connectivity index (χ3v) is 4.46. The molecule has 0 bridgehead atoms. The predicted molar refractivity (Wildman–Crippen MR) is 109 cm³/mol. The summed E-state index contributed by atoms with van der Waals surface area (Å²) in [5.41, 5.74) is 5.14. The van der Waals surface area contributed by atoms with E-state index in [1.165, 1.54) is 6.20 Å². The molecule has 2 aromatic heterocycles. The van der Waals surface area contributed by atoms with Crippen molar-refractivity contribution < 1.29 is 4.79 Å². The predicted octanol–water partition coefficient (Wildman–Crippen LogP) is 4.43. The van der Waals surface area contributed by atoms with Crippen molar-refractivity contribution in [2.75, 3.05) is 5.32 Å². The lowest BCUT2D eigenvalue weighted by molar-refractivity contribution is 0.102. The average Bonchev–Trinajstić information content (AvgIpc) is 3.18. The van der Waals surface area contributed by atoms with Gasteiger partial charge < -0.3 is 10.3 Å². The molecule has 0 saturated carbocycles. The van der Waals surface area contributed by atoms with Crippen LogP contribution in [0.15, 0.2) is 79.0 Å². The fourth-order valence-corrected chi connectivity index (χ4v) is 3.10. The number of rotatable bonds is 3. The van der Waals surface area contributed by atoms with Gasteiger partial charge in [-0.1, -0.05) is 36.4 Å². The minimum Gasteiger partial charge on any atom is -0.338 e. The number of fused-ring (bicyclic) bond motifs is 2. The Balaban J connectivity index is 1.43. The highest BCUT2D eigenvalue weighted by Crippen LogP contribution is 2.23. The summed E-state index contributed by atoms with van der Waals surface area (Å²) >= 11 is 0. The SMILES string of the molecule is O=C(Nc1cccc(-c2nc3ccccc3[nH]2)c1)c1cnc2ccccc2n1. The summed E-state index contributed by atoms with van der Waals surface area (Å²) < 4.78 is 0. The summed E-state index contributed by atoms with van der Waals surface area (Å²) in [7, 11) is 0. The number of para-hydroxylation sites is 4. The Hall–Kier alpha value is -4.06. The first-order valence-corrected chi connectivity index (χ1v) is 8.85. The van der Waals surface area contributed by atoms with E-state index in [9.17, 15) is 4.79 Å². The summed E-state index contributed by atoms with van der Waals surface area (Å²) in [6.07, 6.45) is 1.49. The smallest absolute Gasteiger partial charge is 0.275 e. The van der Waals surface area contributed by atoms with Crippen molar-refractivity contribution in [3.8, 4) is 11.4 Å². The standard InChI is InChI=1S/C22H15N5O/c28-22(20-13-23-16-8-1-2-9-17(16)25-20)24-15-7-5-6-14(12-15)21-26-18-10-3-4-11-19(18)27-21/h1-13H,(H,24,28)(H,26,27). The Kier molecular flexibility index (Phi) is 3.80. The van der Waals surface area contributed by atoms with E-state index in [0.29, 0.717) is 11.2 Å². The third-order valence-electron chi connectivity index (χ3n) is 4.46. The molecule has 3 aromatic carbocycles. The van der Waals surface area contributed by atoms with E-state index in [2.05, 4.69) is 25.3 Å². The second-order valence-corrected chi connectivity index (χ2v) is 6.38. The van der Waals surface area contributed by atoms with Crippen LogP contribution < -0.4 is 5.32 Å². The number of carbonyl (C=O) groups excluding carboxylic acids is 1. The summed E-state index contributed by atoms with van der Waals surface area (Å²) in [6.45, 7) is 0. The molecule has 0 atom stereocenters. The Morgan fingerprint density at radius 1 is 0.821 bits per heavy atom. The molecule has 0 unspecified atom stereocenters. The van der Waals surface area contributed by atoms with Crippen LogP contribution in [0.3, 0.4) is 0 Å². The van der Waals surface area contributed by atoms with E-state index in [0.717, 1.165) is 27.9 Å². The molecule has 0 saturated heterocycles. The van der Waals surface area contributed by atoms with Gasteiger partial charge in [0.15, 0.2) is 0 Å². The highest BCUT2D eigenvalue weighted by molar-refractivity contribution is 6.03. The van der Waals surface area contributed by atoms with E-state index in [-0.39, 0.29) is 11.6 Å². The molecular formula is C22H15N5O. The van der Waals surface area contributed by atoms with E-state index < -0.39 is 0 Å². The number of hydrogen-bond acceptors (Lipinski definition) is 4. The van der Waals surface area contributed by atoms with Gasteiger partial charge in [0.2, 0.25) is 0 Å². The molecule has 0 radical (unpaired) electrons. The molecule has 2 N–H and O–H groups in total. The van der Waals surface area contributed by atoms with Gasteiger partial charge in [-0.05, 0) is 36.4 Å². The Labute approximate surface area is 160 Å². The first kappa shape index (κ1) is 16.1. The van der Waals surface area contributed by atoms with Gasteiger partial charge in [0.25, 0.3) is 5.91 Å². The van der Waals surface area contributed by atoms with Crippen LogP contribution in [0.25, 0.3) is 33.5 Å². The maximum absolute atomic E-state index is 12.6. The van der Waals surface area contributed by atoms with Crippen molar-refractivity contribution in [3.63, 3.8) is 0 Å². The second kappa shape index (κ2) is 6.59. The van der Waals surface area contributed by atoms with Gasteiger partial charge in [0.05, 0.1) is 28.3 Å². The summed E-state index contributed by atoms with van der Waals surface area (Å²) in [4.78, 5) is 29.2. The van der Waals surface area contributed by atoms with Crippen LogP contribution in [0.5, 0.6) is 0 Å². The monoisotopic (exact) mass is 365 g/mol. The Bertz CT molecular complexity index is 1290. The average molecular weight is 365 g/mol. The molecule has 2 heterocycles. The quantitative estimate of drug-likeness (QED) is 0.495. The van der Waals surface area contributed by atoms with E-state index in [1.807, 2.05) is 72.8 Å². The van der Waals surface area contributed by atoms with Crippen LogP contribution >= 0.6 is 0 Å². The van der Waals surface area contributed by atoms with E-state index in [4.69, 9.17) is 0 Å². The van der Waals surface area contributed by atoms with Gasteiger partial charge >= 0.3 is 0 Å². The lowest BCUT2D eigenvalue weighted by Crippen LogP contribution is -2.14. The molecule has 6 nitrogen and oxygen atoms in total. The van der Waals surface area contributed by atoms with Crippen LogP contribution in [0.4, 0.5) is 5.69 Å². The molecule has 0 aliphatic carbocycles. The summed E-state index contributed by atoms with van der Waals surface area (Å²) in [5.74, 6) is 0.447. The lowest BCUT2D eigenvalue weighted by Gasteiger charge is -2.06. The molecule has 134 valence electrons. The fourth-order valence-electron chi connectivity index (χ4n) is 3.10. The number of benzene rings is 3. The van der Waals surface area contributed by atoms with Crippen molar-refractivity contribution >= 4 is 33.7 Å². The number of anilines is 1. The third kappa shape index (κ3) is 2.97. The summed E-state index contributed by atoms with van der Waals surface area (Å²) in [5, 5.41) is 2.88. The zero-order chi connectivity index (χ0) is 18.9. The maximum atomic E-state index is 12.6. The molecule has 0 spiro atoms. The molecule has 5 rings (SSSR count). The Morgan fingerprint density at radius 2 is 1.61 bits per heavy atom. The van der Waals surface area contributed by atoms with Crippen LogP contribution in [0.1, 0.15) is 10.5 Å². The normalized spacial score (nSPS) is 11.0. The maximum Gasteiger partial charge on any atom is 0.275 e. The summed E-state index contributed by atoms with van der Waals surface area (Å²) in [6, 6.07) is 22.9. The number of aromatic nitrogens is 4. The molecule has 1 amide bonds. The minimum atomic E-state index is -0.306. The minimum absolute atomic E-state index is 0.271. The second-order valence-electron chi connectivity index (χ2n) is 6.38. The largest absolute Gasteiger partial charge is 0.338 e.